The van der Waals surface area contributed by atoms with Gasteiger partial charge >= 0.3 is 5.91 Å². The lowest BCUT2D eigenvalue weighted by molar-refractivity contribution is -0.468. The lowest BCUT2D eigenvalue weighted by Gasteiger charge is -2.14. The van der Waals surface area contributed by atoms with E-state index in [1.165, 1.54) is 0 Å². The highest BCUT2D eigenvalue weighted by Gasteiger charge is 2.33. The van der Waals surface area contributed by atoms with Gasteiger partial charge in [-0.05, 0) is 18.8 Å². The summed E-state index contributed by atoms with van der Waals surface area (Å²) in [7, 11) is 0. The molecule has 0 bridgehead atoms. The van der Waals surface area contributed by atoms with E-state index in [0.29, 0.717) is 19.0 Å². The van der Waals surface area contributed by atoms with E-state index >= 15 is 0 Å². The zero-order chi connectivity index (χ0) is 20.1. The number of nitrogens with two attached hydrogens (primary N) is 1. The quantitative estimate of drug-likeness (QED) is 0.320. The largest absolute Gasteiger partial charge is 0.387 e. The average Bonchev–Trinajstić information content (AvgIpc) is 2.57. The Hall–Kier alpha value is -2.25. The number of nitrogens with zero attached hydrogens (tertiary/aromatic N) is 1. The predicted molar refractivity (Wildman–Crippen MR) is 99.6 cm³/mol. The Bertz CT molecular complexity index is 517. The summed E-state index contributed by atoms with van der Waals surface area (Å²) in [6.45, 7) is 10.7. The van der Waals surface area contributed by atoms with Gasteiger partial charge in [0.1, 0.15) is 6.72 Å². The first kappa shape index (κ1) is 23.8. The van der Waals surface area contributed by atoms with Gasteiger partial charge in [-0.15, -0.1) is 0 Å². The molecule has 0 rings (SSSR count). The molecule has 8 heteroatoms. The lowest BCUT2D eigenvalue weighted by atomic mass is 10.1. The Morgan fingerprint density at radius 1 is 1.00 bits per heavy atom. The predicted octanol–water partition coefficient (Wildman–Crippen LogP) is 0.329. The summed E-state index contributed by atoms with van der Waals surface area (Å²) in [5.41, 5.74) is 5.05. The van der Waals surface area contributed by atoms with Gasteiger partial charge in [0.2, 0.25) is 17.9 Å². The van der Waals surface area contributed by atoms with Crippen LogP contribution >= 0.6 is 0 Å². The van der Waals surface area contributed by atoms with E-state index < -0.39 is 17.9 Å². The maximum absolute atomic E-state index is 12.3. The zero-order valence-electron chi connectivity index (χ0n) is 16.2. The monoisotopic (exact) mass is 369 g/mol. The van der Waals surface area contributed by atoms with Crippen molar-refractivity contribution in [2.45, 2.75) is 65.3 Å². The fourth-order valence-electron chi connectivity index (χ4n) is 2.20. The van der Waals surface area contributed by atoms with Gasteiger partial charge < -0.3 is 16.4 Å². The van der Waals surface area contributed by atoms with Crippen molar-refractivity contribution in [3.05, 3.63) is 0 Å². The number of carbonyl (C=O) groups excluding carboxylic acids is 4. The van der Waals surface area contributed by atoms with Crippen molar-refractivity contribution in [2.75, 3.05) is 13.1 Å². The molecule has 8 nitrogen and oxygen atoms in total. The van der Waals surface area contributed by atoms with Crippen LogP contribution in [-0.4, -0.2) is 54.1 Å². The van der Waals surface area contributed by atoms with E-state index in [1.54, 1.807) is 0 Å². The van der Waals surface area contributed by atoms with Crippen LogP contribution in [0.1, 0.15) is 59.3 Å². The minimum absolute atomic E-state index is 0.107. The minimum Gasteiger partial charge on any atom is -0.370 e. The van der Waals surface area contributed by atoms with Gasteiger partial charge in [-0.3, -0.25) is 14.4 Å². The van der Waals surface area contributed by atoms with Crippen molar-refractivity contribution < 1.29 is 23.8 Å². The molecular formula is C18H33N4O4+. The lowest BCUT2D eigenvalue weighted by Crippen LogP contribution is -2.45. The second kappa shape index (κ2) is 13.0. The molecule has 0 aromatic carbocycles. The maximum Gasteiger partial charge on any atom is 0.387 e. The Balaban J connectivity index is 4.76. The highest BCUT2D eigenvalue weighted by atomic mass is 16.2. The number of amides is 4. The Labute approximate surface area is 155 Å². The van der Waals surface area contributed by atoms with Gasteiger partial charge in [-0.25, -0.2) is 4.79 Å². The number of rotatable bonds is 13. The van der Waals surface area contributed by atoms with Gasteiger partial charge in [0.05, 0.1) is 6.42 Å². The van der Waals surface area contributed by atoms with Crippen LogP contribution in [0.4, 0.5) is 0 Å². The Morgan fingerprint density at radius 3 is 2.19 bits per heavy atom. The van der Waals surface area contributed by atoms with Crippen LogP contribution in [0.2, 0.25) is 0 Å². The van der Waals surface area contributed by atoms with Crippen molar-refractivity contribution in [2.24, 2.45) is 11.7 Å². The molecule has 4 amide bonds. The SMILES string of the molecule is C=[N+](C(=O)CCC(N)=O)C(CCC(=O)NCCC(C)C)C(=O)NCCC. The zero-order valence-corrected chi connectivity index (χ0v) is 16.2. The average molecular weight is 369 g/mol. The van der Waals surface area contributed by atoms with E-state index in [-0.39, 0.29) is 37.5 Å². The maximum atomic E-state index is 12.3. The van der Waals surface area contributed by atoms with Crippen LogP contribution in [0.5, 0.6) is 0 Å². The molecule has 4 N–H and O–H groups in total. The molecule has 0 heterocycles. The summed E-state index contributed by atoms with van der Waals surface area (Å²) in [4.78, 5) is 47.2. The number of nitrogens with one attached hydrogen (secondary N) is 2. The van der Waals surface area contributed by atoms with Crippen LogP contribution in [0.15, 0.2) is 0 Å². The van der Waals surface area contributed by atoms with E-state index in [0.717, 1.165) is 17.4 Å². The molecule has 0 aliphatic heterocycles. The van der Waals surface area contributed by atoms with Crippen molar-refractivity contribution in [1.82, 2.24) is 10.6 Å². The number of hydrogen-bond donors (Lipinski definition) is 3. The molecule has 0 spiro atoms. The van der Waals surface area contributed by atoms with Crippen LogP contribution in [0.3, 0.4) is 0 Å². The normalized spacial score (nSPS) is 11.7. The van der Waals surface area contributed by atoms with Gasteiger partial charge in [-0.1, -0.05) is 20.8 Å². The van der Waals surface area contributed by atoms with E-state index in [2.05, 4.69) is 31.2 Å². The van der Waals surface area contributed by atoms with Gasteiger partial charge in [-0.2, -0.15) is 4.58 Å². The van der Waals surface area contributed by atoms with E-state index in [4.69, 9.17) is 5.73 Å². The van der Waals surface area contributed by atoms with Crippen LogP contribution in [-0.2, 0) is 19.2 Å². The molecule has 0 aromatic heterocycles. The molecular weight excluding hydrogens is 336 g/mol. The molecule has 1 atom stereocenters. The van der Waals surface area contributed by atoms with Crippen molar-refractivity contribution in [3.63, 3.8) is 0 Å². The number of hydrogen-bond acceptors (Lipinski definition) is 4. The molecule has 0 saturated carbocycles. The molecule has 0 aliphatic rings. The third-order valence-electron chi connectivity index (χ3n) is 3.82. The topological polar surface area (TPSA) is 121 Å². The molecule has 0 radical (unpaired) electrons. The van der Waals surface area contributed by atoms with E-state index in [9.17, 15) is 19.2 Å². The summed E-state index contributed by atoms with van der Waals surface area (Å²) < 4.78 is 1.05. The Kier molecular flexibility index (Phi) is 11.9. The number of primary amides is 1. The second-order valence-electron chi connectivity index (χ2n) is 6.71. The first-order chi connectivity index (χ1) is 12.2. The summed E-state index contributed by atoms with van der Waals surface area (Å²) in [5, 5.41) is 5.52. The van der Waals surface area contributed by atoms with Crippen molar-refractivity contribution in [1.29, 1.82) is 0 Å². The van der Waals surface area contributed by atoms with Crippen LogP contribution in [0, 0.1) is 5.92 Å². The fraction of sp³-hybridized carbons (Fsp3) is 0.722. The molecule has 0 fully saturated rings. The first-order valence-electron chi connectivity index (χ1n) is 9.14. The molecule has 148 valence electrons. The standard InChI is InChI=1S/C18H32N4O4/c1-5-11-21-18(26)14(22(4)17(25)9-7-15(19)23)6-8-16(24)20-12-10-13(2)3/h13-14H,4-12H2,1-3H3,(H3-,19,20,21,23,24,26)/p+1. The number of carbonyl (C=O) groups is 4. The summed E-state index contributed by atoms with van der Waals surface area (Å²) in [6.07, 6.45) is 1.67. The molecule has 0 aliphatic carbocycles. The highest BCUT2D eigenvalue weighted by Crippen LogP contribution is 2.06. The van der Waals surface area contributed by atoms with Crippen LogP contribution < -0.4 is 16.4 Å². The third kappa shape index (κ3) is 10.6. The first-order valence-corrected chi connectivity index (χ1v) is 9.14. The fourth-order valence-corrected chi connectivity index (χ4v) is 2.20. The van der Waals surface area contributed by atoms with Gasteiger partial charge in [0.25, 0.3) is 5.91 Å². The van der Waals surface area contributed by atoms with Crippen LogP contribution in [0.25, 0.3) is 0 Å². The third-order valence-corrected chi connectivity index (χ3v) is 3.82. The van der Waals surface area contributed by atoms with E-state index in [1.807, 2.05) is 6.92 Å². The van der Waals surface area contributed by atoms with Crippen molar-refractivity contribution in [3.8, 4) is 0 Å². The van der Waals surface area contributed by atoms with Gasteiger partial charge in [0.15, 0.2) is 0 Å². The summed E-state index contributed by atoms with van der Waals surface area (Å²) in [5.74, 6) is -1.09. The second-order valence-corrected chi connectivity index (χ2v) is 6.71. The summed E-state index contributed by atoms with van der Waals surface area (Å²) in [6, 6.07) is -0.863. The smallest absolute Gasteiger partial charge is 0.370 e. The highest BCUT2D eigenvalue weighted by molar-refractivity contribution is 5.85. The molecule has 26 heavy (non-hydrogen) atoms. The summed E-state index contributed by atoms with van der Waals surface area (Å²) >= 11 is 0. The molecule has 1 unspecified atom stereocenters. The Morgan fingerprint density at radius 2 is 1.65 bits per heavy atom. The molecule has 0 aromatic rings. The minimum atomic E-state index is -0.863. The van der Waals surface area contributed by atoms with Crippen molar-refractivity contribution >= 4 is 30.3 Å². The molecule has 0 saturated heterocycles. The van der Waals surface area contributed by atoms with Gasteiger partial charge in [0, 0.05) is 32.4 Å².